The Balaban J connectivity index is 1.79. The first-order valence-electron chi connectivity index (χ1n) is 6.50. The summed E-state index contributed by atoms with van der Waals surface area (Å²) in [7, 11) is 1.77. The molecule has 1 saturated carbocycles. The number of methoxy groups -OCH3 is 1. The maximum absolute atomic E-state index is 5.31. The smallest absolute Gasteiger partial charge is 0.150 e. The van der Waals surface area contributed by atoms with E-state index < -0.39 is 0 Å². The Kier molecular flexibility index (Phi) is 3.96. The fraction of sp³-hybridized carbons (Fsp3) is 0.500. The maximum Gasteiger partial charge on any atom is 0.150 e. The first-order valence-corrected chi connectivity index (χ1v) is 8.54. The lowest BCUT2D eigenvalue weighted by atomic mass is 10.2. The minimum absolute atomic E-state index is 0.440. The zero-order valence-corrected chi connectivity index (χ0v) is 12.8. The van der Waals surface area contributed by atoms with Gasteiger partial charge < -0.3 is 10.1 Å². The Bertz CT molecular complexity index is 566. The van der Waals surface area contributed by atoms with Gasteiger partial charge in [-0.05, 0) is 43.2 Å². The van der Waals surface area contributed by atoms with Gasteiger partial charge in [-0.1, -0.05) is 11.8 Å². The monoisotopic (exact) mass is 294 g/mol. The number of aromatic nitrogens is 1. The number of rotatable bonds is 6. The van der Waals surface area contributed by atoms with Gasteiger partial charge in [-0.25, -0.2) is 4.98 Å². The summed E-state index contributed by atoms with van der Waals surface area (Å²) >= 11 is 3.46. The van der Waals surface area contributed by atoms with Crippen molar-refractivity contribution in [1.29, 1.82) is 0 Å². The highest BCUT2D eigenvalue weighted by Crippen LogP contribution is 2.35. The van der Waals surface area contributed by atoms with E-state index in [1.165, 1.54) is 23.2 Å². The van der Waals surface area contributed by atoms with Crippen LogP contribution in [0.15, 0.2) is 22.5 Å². The van der Waals surface area contributed by atoms with Crippen LogP contribution in [0.4, 0.5) is 5.69 Å². The number of benzene rings is 1. The van der Waals surface area contributed by atoms with Crippen LogP contribution >= 0.6 is 23.1 Å². The SMILES string of the molecule is COCC(Nc1ccc2nc(SC)sc2c1)C1CC1. The van der Waals surface area contributed by atoms with Crippen molar-refractivity contribution in [2.45, 2.75) is 23.2 Å². The number of hydrogen-bond acceptors (Lipinski definition) is 5. The van der Waals surface area contributed by atoms with E-state index in [1.54, 1.807) is 30.2 Å². The minimum Gasteiger partial charge on any atom is -0.383 e. The number of anilines is 1. The predicted molar refractivity (Wildman–Crippen MR) is 83.4 cm³/mol. The highest BCUT2D eigenvalue weighted by atomic mass is 32.2. The van der Waals surface area contributed by atoms with Crippen molar-refractivity contribution in [3.63, 3.8) is 0 Å². The fourth-order valence-corrected chi connectivity index (χ4v) is 3.80. The number of nitrogens with zero attached hydrogens (tertiary/aromatic N) is 1. The summed E-state index contributed by atoms with van der Waals surface area (Å²) in [6.45, 7) is 0.779. The highest BCUT2D eigenvalue weighted by Gasteiger charge is 2.31. The Hall–Kier alpha value is -0.780. The van der Waals surface area contributed by atoms with E-state index in [0.717, 1.165) is 22.4 Å². The summed E-state index contributed by atoms with van der Waals surface area (Å²) in [4.78, 5) is 4.56. The van der Waals surface area contributed by atoms with Crippen LogP contribution in [0.2, 0.25) is 0 Å². The average Bonchev–Trinajstić information content (AvgIpc) is 3.18. The molecule has 1 atom stereocenters. The lowest BCUT2D eigenvalue weighted by Gasteiger charge is -2.18. The quantitative estimate of drug-likeness (QED) is 0.821. The Morgan fingerprint density at radius 1 is 1.53 bits per heavy atom. The van der Waals surface area contributed by atoms with Gasteiger partial charge in [-0.15, -0.1) is 11.3 Å². The van der Waals surface area contributed by atoms with Gasteiger partial charge >= 0.3 is 0 Å². The fourth-order valence-electron chi connectivity index (χ4n) is 2.27. The maximum atomic E-state index is 5.31. The molecule has 1 fully saturated rings. The third-order valence-electron chi connectivity index (χ3n) is 3.43. The van der Waals surface area contributed by atoms with Crippen molar-refractivity contribution in [2.75, 3.05) is 25.3 Å². The molecule has 0 saturated heterocycles. The van der Waals surface area contributed by atoms with Gasteiger partial charge in [0.25, 0.3) is 0 Å². The van der Waals surface area contributed by atoms with Crippen LogP contribution in [0.5, 0.6) is 0 Å². The summed E-state index contributed by atoms with van der Waals surface area (Å²) < 4.78 is 7.69. The van der Waals surface area contributed by atoms with E-state index in [4.69, 9.17) is 4.74 Å². The first-order chi connectivity index (χ1) is 9.30. The Morgan fingerprint density at radius 2 is 2.37 bits per heavy atom. The number of fused-ring (bicyclic) bond motifs is 1. The molecular formula is C14H18N2OS2. The Labute approximate surface area is 121 Å². The van der Waals surface area contributed by atoms with Gasteiger partial charge in [0.1, 0.15) is 0 Å². The predicted octanol–water partition coefficient (Wildman–Crippen LogP) is 3.86. The molecule has 0 spiro atoms. The highest BCUT2D eigenvalue weighted by molar-refractivity contribution is 8.00. The molecule has 1 aliphatic rings. The van der Waals surface area contributed by atoms with Crippen LogP contribution in [0.1, 0.15) is 12.8 Å². The summed E-state index contributed by atoms with van der Waals surface area (Å²) in [5, 5.41) is 3.61. The van der Waals surface area contributed by atoms with Crippen molar-refractivity contribution in [3.8, 4) is 0 Å². The molecule has 0 amide bonds. The lowest BCUT2D eigenvalue weighted by molar-refractivity contribution is 0.179. The van der Waals surface area contributed by atoms with E-state index in [1.807, 2.05) is 0 Å². The van der Waals surface area contributed by atoms with Gasteiger partial charge in [0.05, 0.1) is 22.9 Å². The van der Waals surface area contributed by atoms with E-state index in [9.17, 15) is 0 Å². The average molecular weight is 294 g/mol. The van der Waals surface area contributed by atoms with Crippen LogP contribution in [-0.2, 0) is 4.74 Å². The van der Waals surface area contributed by atoms with Crippen molar-refractivity contribution in [2.24, 2.45) is 5.92 Å². The van der Waals surface area contributed by atoms with E-state index >= 15 is 0 Å². The van der Waals surface area contributed by atoms with Crippen molar-refractivity contribution >= 4 is 39.0 Å². The molecule has 1 heterocycles. The van der Waals surface area contributed by atoms with Gasteiger partial charge in [0, 0.05) is 12.8 Å². The molecule has 1 aliphatic carbocycles. The third-order valence-corrected chi connectivity index (χ3v) is 5.44. The summed E-state index contributed by atoms with van der Waals surface area (Å²) in [6, 6.07) is 6.87. The van der Waals surface area contributed by atoms with Crippen molar-refractivity contribution in [1.82, 2.24) is 4.98 Å². The largest absolute Gasteiger partial charge is 0.383 e. The summed E-state index contributed by atoms with van der Waals surface area (Å²) in [6.07, 6.45) is 4.71. The third kappa shape index (κ3) is 3.04. The number of hydrogen-bond donors (Lipinski definition) is 1. The molecule has 0 radical (unpaired) electrons. The van der Waals surface area contributed by atoms with Crippen LogP contribution in [0.3, 0.4) is 0 Å². The zero-order valence-electron chi connectivity index (χ0n) is 11.2. The molecular weight excluding hydrogens is 276 g/mol. The van der Waals surface area contributed by atoms with Gasteiger partial charge in [-0.2, -0.15) is 0 Å². The molecule has 1 aromatic carbocycles. The lowest BCUT2D eigenvalue weighted by Crippen LogP contribution is -2.27. The Morgan fingerprint density at radius 3 is 3.05 bits per heavy atom. The molecule has 1 unspecified atom stereocenters. The summed E-state index contributed by atoms with van der Waals surface area (Å²) in [5.74, 6) is 0.777. The normalized spacial score (nSPS) is 16.7. The first kappa shape index (κ1) is 13.2. The second kappa shape index (κ2) is 5.69. The second-order valence-electron chi connectivity index (χ2n) is 4.91. The molecule has 3 nitrogen and oxygen atoms in total. The molecule has 5 heteroatoms. The molecule has 1 N–H and O–H groups in total. The molecule has 0 bridgehead atoms. The topological polar surface area (TPSA) is 34.1 Å². The van der Waals surface area contributed by atoms with Gasteiger partial charge in [0.2, 0.25) is 0 Å². The molecule has 0 aliphatic heterocycles. The van der Waals surface area contributed by atoms with Gasteiger partial charge in [0.15, 0.2) is 4.34 Å². The van der Waals surface area contributed by atoms with Gasteiger partial charge in [-0.3, -0.25) is 0 Å². The number of thioether (sulfide) groups is 1. The molecule has 102 valence electrons. The molecule has 3 rings (SSSR count). The second-order valence-corrected chi connectivity index (χ2v) is 6.99. The van der Waals surface area contributed by atoms with Crippen molar-refractivity contribution < 1.29 is 4.74 Å². The number of nitrogens with one attached hydrogen (secondary N) is 1. The number of thiazole rings is 1. The molecule has 1 aromatic heterocycles. The summed E-state index contributed by atoms with van der Waals surface area (Å²) in [5.41, 5.74) is 2.27. The number of ether oxygens (including phenoxy) is 1. The molecule has 19 heavy (non-hydrogen) atoms. The van der Waals surface area contributed by atoms with Crippen LogP contribution < -0.4 is 5.32 Å². The van der Waals surface area contributed by atoms with Crippen LogP contribution in [-0.4, -0.2) is 31.0 Å². The minimum atomic E-state index is 0.440. The van der Waals surface area contributed by atoms with Crippen molar-refractivity contribution in [3.05, 3.63) is 18.2 Å². The van der Waals surface area contributed by atoms with E-state index in [0.29, 0.717) is 6.04 Å². The van der Waals surface area contributed by atoms with E-state index in [-0.39, 0.29) is 0 Å². The van der Waals surface area contributed by atoms with Crippen LogP contribution in [0.25, 0.3) is 10.2 Å². The standard InChI is InChI=1S/C14H18N2OS2/c1-17-8-12(9-3-4-9)15-10-5-6-11-13(7-10)19-14(16-11)18-2/h5-7,9,12,15H,3-4,8H2,1-2H3. The zero-order chi connectivity index (χ0) is 13.2. The molecule has 2 aromatic rings. The van der Waals surface area contributed by atoms with E-state index in [2.05, 4.69) is 34.8 Å². The van der Waals surface area contributed by atoms with Crippen LogP contribution in [0, 0.1) is 5.92 Å².